The summed E-state index contributed by atoms with van der Waals surface area (Å²) < 4.78 is 10.5. The van der Waals surface area contributed by atoms with Gasteiger partial charge in [-0.15, -0.1) is 0 Å². The van der Waals surface area contributed by atoms with Crippen LogP contribution in [0, 0.1) is 10.1 Å². The average Bonchev–Trinajstić information content (AvgIpc) is 2.86. The molecule has 0 saturated carbocycles. The highest BCUT2D eigenvalue weighted by Crippen LogP contribution is 2.32. The number of hydrogen-bond donors (Lipinski definition) is 2. The van der Waals surface area contributed by atoms with Crippen LogP contribution in [-0.2, 0) is 4.74 Å². The molecule has 35 heavy (non-hydrogen) atoms. The van der Waals surface area contributed by atoms with Crippen LogP contribution < -0.4 is 15.4 Å². The molecule has 1 aromatic heterocycles. The number of nitrogens with zero attached hydrogens (tertiary/aromatic N) is 3. The van der Waals surface area contributed by atoms with Crippen molar-refractivity contribution >= 4 is 29.1 Å². The Labute approximate surface area is 200 Å². The van der Waals surface area contributed by atoms with E-state index in [0.29, 0.717) is 29.7 Å². The smallest absolute Gasteiger partial charge is 0.411 e. The third-order valence-electron chi connectivity index (χ3n) is 4.76. The van der Waals surface area contributed by atoms with E-state index < -0.39 is 11.0 Å². The number of carbonyl (C=O) groups is 1. The summed E-state index contributed by atoms with van der Waals surface area (Å²) in [6.45, 7) is 2.03. The molecule has 0 radical (unpaired) electrons. The van der Waals surface area contributed by atoms with E-state index in [9.17, 15) is 14.9 Å². The predicted octanol–water partition coefficient (Wildman–Crippen LogP) is 6.16. The summed E-state index contributed by atoms with van der Waals surface area (Å²) >= 11 is 0. The van der Waals surface area contributed by atoms with Crippen LogP contribution >= 0.6 is 0 Å². The molecular weight excluding hydrogens is 450 g/mol. The number of benzene rings is 3. The number of amides is 1. The van der Waals surface area contributed by atoms with E-state index in [1.165, 1.54) is 6.07 Å². The van der Waals surface area contributed by atoms with Gasteiger partial charge in [0, 0.05) is 29.2 Å². The van der Waals surface area contributed by atoms with Crippen LogP contribution in [0.3, 0.4) is 0 Å². The van der Waals surface area contributed by atoms with E-state index in [4.69, 9.17) is 9.47 Å². The van der Waals surface area contributed by atoms with E-state index >= 15 is 0 Å². The number of para-hydroxylation sites is 2. The molecule has 0 bridgehead atoms. The molecule has 10 heteroatoms. The van der Waals surface area contributed by atoms with Crippen molar-refractivity contribution in [2.24, 2.45) is 0 Å². The van der Waals surface area contributed by atoms with E-state index in [2.05, 4.69) is 20.6 Å². The van der Waals surface area contributed by atoms with Gasteiger partial charge in [-0.25, -0.2) is 14.8 Å². The van der Waals surface area contributed by atoms with Crippen molar-refractivity contribution in [2.45, 2.75) is 6.92 Å². The molecule has 4 aromatic rings. The lowest BCUT2D eigenvalue weighted by molar-refractivity contribution is -0.385. The molecule has 0 unspecified atom stereocenters. The molecule has 2 N–H and O–H groups in total. The molecule has 176 valence electrons. The molecule has 1 heterocycles. The van der Waals surface area contributed by atoms with Crippen molar-refractivity contribution in [3.8, 4) is 22.8 Å². The van der Waals surface area contributed by atoms with Gasteiger partial charge in [0.15, 0.2) is 0 Å². The highest BCUT2D eigenvalue weighted by Gasteiger charge is 2.14. The fourth-order valence-electron chi connectivity index (χ4n) is 3.15. The number of carbonyl (C=O) groups excluding carboxylic acids is 1. The SMILES string of the molecule is CCOC(=O)Nc1ccc(Nc2nccc(-c3ccc(Oc4ccccc4[N+](=O)[O-])cc3)n2)cc1. The number of nitro groups is 1. The second kappa shape index (κ2) is 10.8. The molecule has 0 fully saturated rings. The molecule has 10 nitrogen and oxygen atoms in total. The average molecular weight is 471 g/mol. The molecule has 0 aliphatic carbocycles. The molecule has 0 aliphatic rings. The second-order valence-electron chi connectivity index (χ2n) is 7.16. The molecule has 3 aromatic carbocycles. The highest BCUT2D eigenvalue weighted by atomic mass is 16.6. The van der Waals surface area contributed by atoms with Gasteiger partial charge in [-0.2, -0.15) is 0 Å². The maximum absolute atomic E-state index is 11.5. The molecule has 0 atom stereocenters. The summed E-state index contributed by atoms with van der Waals surface area (Å²) in [4.78, 5) is 31.0. The van der Waals surface area contributed by atoms with E-state index in [1.807, 2.05) is 12.1 Å². The number of rotatable bonds is 8. The van der Waals surface area contributed by atoms with Gasteiger partial charge in [-0.1, -0.05) is 12.1 Å². The summed E-state index contributed by atoms with van der Waals surface area (Å²) in [7, 11) is 0. The normalized spacial score (nSPS) is 10.3. The van der Waals surface area contributed by atoms with Crippen molar-refractivity contribution in [2.75, 3.05) is 17.2 Å². The third-order valence-corrected chi connectivity index (χ3v) is 4.76. The Morgan fingerprint density at radius 3 is 2.40 bits per heavy atom. The maximum atomic E-state index is 11.5. The monoisotopic (exact) mass is 471 g/mol. The van der Waals surface area contributed by atoms with Crippen molar-refractivity contribution < 1.29 is 19.2 Å². The number of hydrogen-bond acceptors (Lipinski definition) is 8. The van der Waals surface area contributed by atoms with Crippen LogP contribution in [0.1, 0.15) is 6.92 Å². The predicted molar refractivity (Wildman–Crippen MR) is 131 cm³/mol. The topological polar surface area (TPSA) is 129 Å². The zero-order chi connectivity index (χ0) is 24.6. The van der Waals surface area contributed by atoms with Crippen LogP contribution in [0.4, 0.5) is 27.8 Å². The fourth-order valence-corrected chi connectivity index (χ4v) is 3.15. The minimum atomic E-state index is -0.511. The highest BCUT2D eigenvalue weighted by molar-refractivity contribution is 5.84. The number of aromatic nitrogens is 2. The standard InChI is InChI=1S/C25H21N5O5/c1-2-34-25(31)28-19-11-9-18(10-12-19)27-24-26-16-15-21(29-24)17-7-13-20(14-8-17)35-23-6-4-3-5-22(23)30(32)33/h3-16H,2H2,1H3,(H,28,31)(H,26,27,29). The van der Waals surface area contributed by atoms with Gasteiger partial charge >= 0.3 is 11.8 Å². The minimum absolute atomic E-state index is 0.104. The maximum Gasteiger partial charge on any atom is 0.411 e. The summed E-state index contributed by atoms with van der Waals surface area (Å²) in [5.41, 5.74) is 2.74. The quantitative estimate of drug-likeness (QED) is 0.231. The van der Waals surface area contributed by atoms with Crippen molar-refractivity contribution in [1.82, 2.24) is 9.97 Å². The van der Waals surface area contributed by atoms with Crippen molar-refractivity contribution in [1.29, 1.82) is 0 Å². The first-order valence-electron chi connectivity index (χ1n) is 10.7. The summed E-state index contributed by atoms with van der Waals surface area (Å²) in [6, 6.07) is 22.1. The van der Waals surface area contributed by atoms with Crippen LogP contribution in [-0.4, -0.2) is 27.6 Å². The van der Waals surface area contributed by atoms with Gasteiger partial charge in [0.2, 0.25) is 11.7 Å². The third kappa shape index (κ3) is 6.08. The Balaban J connectivity index is 1.43. The van der Waals surface area contributed by atoms with Crippen LogP contribution in [0.25, 0.3) is 11.3 Å². The van der Waals surface area contributed by atoms with Gasteiger partial charge in [0.25, 0.3) is 0 Å². The van der Waals surface area contributed by atoms with Crippen LogP contribution in [0.2, 0.25) is 0 Å². The summed E-state index contributed by atoms with van der Waals surface area (Å²) in [5.74, 6) is 1.03. The zero-order valence-corrected chi connectivity index (χ0v) is 18.7. The van der Waals surface area contributed by atoms with Gasteiger partial charge in [0.1, 0.15) is 5.75 Å². The molecule has 0 saturated heterocycles. The molecular formula is C25H21N5O5. The van der Waals surface area contributed by atoms with E-state index in [1.54, 1.807) is 73.8 Å². The first kappa shape index (κ1) is 23.2. The number of anilines is 3. The van der Waals surface area contributed by atoms with Crippen LogP contribution in [0.5, 0.6) is 11.5 Å². The molecule has 0 spiro atoms. The van der Waals surface area contributed by atoms with Gasteiger partial charge in [0.05, 0.1) is 17.2 Å². The molecule has 4 rings (SSSR count). The Morgan fingerprint density at radius 1 is 0.971 bits per heavy atom. The van der Waals surface area contributed by atoms with Gasteiger partial charge < -0.3 is 14.8 Å². The lowest BCUT2D eigenvalue weighted by atomic mass is 10.1. The Hall–Kier alpha value is -4.99. The van der Waals surface area contributed by atoms with Gasteiger partial charge in [-0.05, 0) is 67.6 Å². The summed E-state index contributed by atoms with van der Waals surface area (Å²) in [5, 5.41) is 16.9. The first-order valence-corrected chi connectivity index (χ1v) is 10.7. The Kier molecular flexibility index (Phi) is 7.12. The minimum Gasteiger partial charge on any atom is -0.450 e. The molecule has 1 amide bonds. The Bertz CT molecular complexity index is 1330. The van der Waals surface area contributed by atoms with E-state index in [-0.39, 0.29) is 11.4 Å². The number of nitrogens with one attached hydrogen (secondary N) is 2. The lowest BCUT2D eigenvalue weighted by Crippen LogP contribution is -2.13. The van der Waals surface area contributed by atoms with Gasteiger partial charge in [-0.3, -0.25) is 15.4 Å². The summed E-state index contributed by atoms with van der Waals surface area (Å²) in [6.07, 6.45) is 1.13. The number of nitro benzene ring substituents is 1. The molecule has 0 aliphatic heterocycles. The lowest BCUT2D eigenvalue weighted by Gasteiger charge is -2.09. The Morgan fingerprint density at radius 2 is 1.69 bits per heavy atom. The zero-order valence-electron chi connectivity index (χ0n) is 18.7. The fraction of sp³-hybridized carbons (Fsp3) is 0.0800. The van der Waals surface area contributed by atoms with Crippen molar-refractivity contribution in [3.63, 3.8) is 0 Å². The van der Waals surface area contributed by atoms with E-state index in [0.717, 1.165) is 11.3 Å². The largest absolute Gasteiger partial charge is 0.450 e. The first-order chi connectivity index (χ1) is 17.0. The van der Waals surface area contributed by atoms with Crippen molar-refractivity contribution in [3.05, 3.63) is 95.2 Å². The number of ether oxygens (including phenoxy) is 2. The second-order valence-corrected chi connectivity index (χ2v) is 7.16. The van der Waals surface area contributed by atoms with Crippen LogP contribution in [0.15, 0.2) is 85.1 Å².